The van der Waals surface area contributed by atoms with Gasteiger partial charge in [-0.25, -0.2) is 4.98 Å². The molecule has 1 fully saturated rings. The molecule has 2 aromatic rings. The predicted molar refractivity (Wildman–Crippen MR) is 99.1 cm³/mol. The highest BCUT2D eigenvalue weighted by Crippen LogP contribution is 2.29. The number of aromatic nitrogens is 2. The van der Waals surface area contributed by atoms with Crippen LogP contribution in [0.5, 0.6) is 0 Å². The van der Waals surface area contributed by atoms with Crippen molar-refractivity contribution >= 4 is 5.91 Å². The maximum Gasteiger partial charge on any atom is 0.234 e. The molecule has 1 aromatic heterocycles. The van der Waals surface area contributed by atoms with Gasteiger partial charge in [0.25, 0.3) is 0 Å². The van der Waals surface area contributed by atoms with Gasteiger partial charge in [0, 0.05) is 25.5 Å². The molecule has 0 spiro atoms. The van der Waals surface area contributed by atoms with Crippen LogP contribution in [-0.2, 0) is 17.9 Å². The van der Waals surface area contributed by atoms with E-state index in [1.54, 1.807) is 0 Å². The maximum atomic E-state index is 12.4. The quantitative estimate of drug-likeness (QED) is 0.879. The Bertz CT molecular complexity index is 692. The number of likely N-dealkylation sites (tertiary alicyclic amines) is 1. The van der Waals surface area contributed by atoms with E-state index in [0.29, 0.717) is 13.1 Å². The number of amides is 1. The van der Waals surface area contributed by atoms with E-state index in [2.05, 4.69) is 57.9 Å². The van der Waals surface area contributed by atoms with Crippen molar-refractivity contribution in [3.63, 3.8) is 0 Å². The summed E-state index contributed by atoms with van der Waals surface area (Å²) in [5, 5.41) is 3.05. The van der Waals surface area contributed by atoms with Gasteiger partial charge in [0.15, 0.2) is 0 Å². The van der Waals surface area contributed by atoms with Crippen molar-refractivity contribution < 1.29 is 4.79 Å². The van der Waals surface area contributed by atoms with E-state index in [0.717, 1.165) is 37.3 Å². The van der Waals surface area contributed by atoms with Crippen LogP contribution in [0.3, 0.4) is 0 Å². The number of rotatable bonds is 6. The van der Waals surface area contributed by atoms with Crippen LogP contribution in [-0.4, -0.2) is 33.4 Å². The number of benzene rings is 1. The molecule has 1 unspecified atom stereocenters. The van der Waals surface area contributed by atoms with E-state index in [-0.39, 0.29) is 11.9 Å². The Labute approximate surface area is 150 Å². The van der Waals surface area contributed by atoms with Crippen molar-refractivity contribution in [2.45, 2.75) is 52.2 Å². The first-order valence-electron chi connectivity index (χ1n) is 9.24. The zero-order valence-corrected chi connectivity index (χ0v) is 15.2. The number of nitrogens with one attached hydrogen (secondary N) is 1. The minimum atomic E-state index is 0.0853. The summed E-state index contributed by atoms with van der Waals surface area (Å²) in [6.45, 7) is 7.10. The second kappa shape index (κ2) is 8.30. The molecule has 3 rings (SSSR count). The van der Waals surface area contributed by atoms with Crippen LogP contribution >= 0.6 is 0 Å². The second-order valence-electron chi connectivity index (χ2n) is 6.82. The van der Waals surface area contributed by atoms with E-state index < -0.39 is 0 Å². The number of imidazole rings is 1. The third kappa shape index (κ3) is 4.48. The molecular formula is C20H28N4O. The Morgan fingerprint density at radius 1 is 1.28 bits per heavy atom. The Hall–Kier alpha value is -2.14. The van der Waals surface area contributed by atoms with Crippen LogP contribution in [0.25, 0.3) is 0 Å². The molecule has 5 nitrogen and oxygen atoms in total. The minimum Gasteiger partial charge on any atom is -0.351 e. The molecule has 1 N–H and O–H groups in total. The number of nitrogens with zero attached hydrogens (tertiary/aromatic N) is 3. The lowest BCUT2D eigenvalue weighted by Crippen LogP contribution is -2.42. The molecule has 1 aliphatic heterocycles. The molecule has 1 aliphatic rings. The van der Waals surface area contributed by atoms with Crippen LogP contribution in [0.1, 0.15) is 49.2 Å². The van der Waals surface area contributed by atoms with Gasteiger partial charge in [-0.3, -0.25) is 9.69 Å². The molecule has 1 aromatic carbocycles. The number of piperidine rings is 1. The topological polar surface area (TPSA) is 50.2 Å². The molecule has 25 heavy (non-hydrogen) atoms. The zero-order chi connectivity index (χ0) is 17.6. The molecular weight excluding hydrogens is 312 g/mol. The lowest BCUT2D eigenvalue weighted by atomic mass is 10.0. The van der Waals surface area contributed by atoms with E-state index in [4.69, 9.17) is 0 Å². The second-order valence-corrected chi connectivity index (χ2v) is 6.82. The molecule has 0 bridgehead atoms. The monoisotopic (exact) mass is 340 g/mol. The van der Waals surface area contributed by atoms with Crippen molar-refractivity contribution in [1.82, 2.24) is 19.8 Å². The van der Waals surface area contributed by atoms with Gasteiger partial charge in [0.2, 0.25) is 5.91 Å². The Morgan fingerprint density at radius 3 is 2.84 bits per heavy atom. The first kappa shape index (κ1) is 17.7. The standard InChI is InChI=1S/C20H28N4O/c1-3-23-13-11-21-20(23)18-6-4-5-12-24(18)15-19(25)22-14-17-9-7-16(2)8-10-17/h7-11,13,18H,3-6,12,14-15H2,1-2H3,(H,22,25). The predicted octanol–water partition coefficient (Wildman–Crippen LogP) is 3.05. The van der Waals surface area contributed by atoms with Crippen LogP contribution < -0.4 is 5.32 Å². The van der Waals surface area contributed by atoms with Crippen LogP contribution in [0.15, 0.2) is 36.7 Å². The molecule has 134 valence electrons. The Balaban J connectivity index is 1.59. The van der Waals surface area contributed by atoms with Crippen molar-refractivity contribution in [2.24, 2.45) is 0 Å². The molecule has 0 radical (unpaired) electrons. The SMILES string of the molecule is CCn1ccnc1C1CCCCN1CC(=O)NCc1ccc(C)cc1. The number of carbonyl (C=O) groups excluding carboxylic acids is 1. The lowest BCUT2D eigenvalue weighted by molar-refractivity contribution is -0.123. The Kier molecular flexibility index (Phi) is 5.87. The van der Waals surface area contributed by atoms with Gasteiger partial charge in [-0.1, -0.05) is 36.2 Å². The molecule has 2 heterocycles. The van der Waals surface area contributed by atoms with E-state index in [9.17, 15) is 4.79 Å². The van der Waals surface area contributed by atoms with E-state index >= 15 is 0 Å². The summed E-state index contributed by atoms with van der Waals surface area (Å²) in [4.78, 5) is 19.3. The number of hydrogen-bond donors (Lipinski definition) is 1. The highest BCUT2D eigenvalue weighted by Gasteiger charge is 2.28. The highest BCUT2D eigenvalue weighted by molar-refractivity contribution is 5.78. The van der Waals surface area contributed by atoms with Gasteiger partial charge in [0.05, 0.1) is 12.6 Å². The molecule has 0 saturated carbocycles. The summed E-state index contributed by atoms with van der Waals surface area (Å²) in [6.07, 6.45) is 7.31. The normalized spacial score (nSPS) is 18.2. The fourth-order valence-electron chi connectivity index (χ4n) is 3.51. The van der Waals surface area contributed by atoms with Crippen molar-refractivity contribution in [3.8, 4) is 0 Å². The molecule has 5 heteroatoms. The van der Waals surface area contributed by atoms with E-state index in [1.807, 2.05) is 12.4 Å². The summed E-state index contributed by atoms with van der Waals surface area (Å²) in [6, 6.07) is 8.53. The average Bonchev–Trinajstić information content (AvgIpc) is 3.10. The third-order valence-electron chi connectivity index (χ3n) is 4.96. The summed E-state index contributed by atoms with van der Waals surface area (Å²) in [7, 11) is 0. The molecule has 1 atom stereocenters. The van der Waals surface area contributed by atoms with Crippen LogP contribution in [0, 0.1) is 6.92 Å². The molecule has 0 aliphatic carbocycles. The van der Waals surface area contributed by atoms with Gasteiger partial charge in [0.1, 0.15) is 5.82 Å². The third-order valence-corrected chi connectivity index (χ3v) is 4.96. The summed E-state index contributed by atoms with van der Waals surface area (Å²) in [5.74, 6) is 1.18. The molecule has 1 amide bonds. The largest absolute Gasteiger partial charge is 0.351 e. The van der Waals surface area contributed by atoms with Crippen molar-refractivity contribution in [3.05, 3.63) is 53.6 Å². The maximum absolute atomic E-state index is 12.4. The number of carbonyl (C=O) groups is 1. The van der Waals surface area contributed by atoms with Crippen molar-refractivity contribution in [1.29, 1.82) is 0 Å². The first-order chi connectivity index (χ1) is 12.2. The Morgan fingerprint density at radius 2 is 2.08 bits per heavy atom. The van der Waals surface area contributed by atoms with Gasteiger partial charge in [-0.15, -0.1) is 0 Å². The lowest BCUT2D eigenvalue weighted by Gasteiger charge is -2.34. The zero-order valence-electron chi connectivity index (χ0n) is 15.2. The summed E-state index contributed by atoms with van der Waals surface area (Å²) < 4.78 is 2.19. The van der Waals surface area contributed by atoms with E-state index in [1.165, 1.54) is 12.0 Å². The highest BCUT2D eigenvalue weighted by atomic mass is 16.2. The van der Waals surface area contributed by atoms with Gasteiger partial charge >= 0.3 is 0 Å². The summed E-state index contributed by atoms with van der Waals surface area (Å²) >= 11 is 0. The van der Waals surface area contributed by atoms with Crippen LogP contribution in [0.4, 0.5) is 0 Å². The van der Waals surface area contributed by atoms with Crippen molar-refractivity contribution in [2.75, 3.05) is 13.1 Å². The fraction of sp³-hybridized carbons (Fsp3) is 0.500. The smallest absolute Gasteiger partial charge is 0.234 e. The molecule has 1 saturated heterocycles. The van der Waals surface area contributed by atoms with Gasteiger partial charge in [-0.2, -0.15) is 0 Å². The fourth-order valence-corrected chi connectivity index (χ4v) is 3.51. The van der Waals surface area contributed by atoms with Gasteiger partial charge in [-0.05, 0) is 38.8 Å². The average molecular weight is 340 g/mol. The summed E-state index contributed by atoms with van der Waals surface area (Å²) in [5.41, 5.74) is 2.37. The minimum absolute atomic E-state index is 0.0853. The number of hydrogen-bond acceptors (Lipinski definition) is 3. The van der Waals surface area contributed by atoms with Gasteiger partial charge < -0.3 is 9.88 Å². The van der Waals surface area contributed by atoms with Crippen LogP contribution in [0.2, 0.25) is 0 Å². The number of aryl methyl sites for hydroxylation is 2. The first-order valence-corrected chi connectivity index (χ1v) is 9.24.